The van der Waals surface area contributed by atoms with Gasteiger partial charge in [0.15, 0.2) is 0 Å². The Bertz CT molecular complexity index is 669. The topological polar surface area (TPSA) is 59.2 Å². The van der Waals surface area contributed by atoms with Crippen LogP contribution in [0.4, 0.5) is 0 Å². The molecule has 1 amide bonds. The van der Waals surface area contributed by atoms with Crippen LogP contribution in [-0.4, -0.2) is 28.4 Å². The van der Waals surface area contributed by atoms with E-state index in [1.807, 2.05) is 17.2 Å². The number of amides is 1. The molecule has 2 N–H and O–H groups in total. The molecule has 2 heterocycles. The number of hydrogen-bond acceptors (Lipinski definition) is 3. The first kappa shape index (κ1) is 16.7. The van der Waals surface area contributed by atoms with E-state index in [0.29, 0.717) is 6.42 Å². The molecular weight excluding hydrogens is 298 g/mol. The minimum absolute atomic E-state index is 0.0455. The summed E-state index contributed by atoms with van der Waals surface area (Å²) in [6.45, 7) is 2.83. The summed E-state index contributed by atoms with van der Waals surface area (Å²) < 4.78 is 0. The van der Waals surface area contributed by atoms with Gasteiger partial charge in [0.2, 0.25) is 5.91 Å². The van der Waals surface area contributed by atoms with Gasteiger partial charge in [-0.2, -0.15) is 0 Å². The Balaban J connectivity index is 1.72. The molecule has 0 aliphatic carbocycles. The first-order valence-corrected chi connectivity index (χ1v) is 8.66. The highest BCUT2D eigenvalue weighted by atomic mass is 16.2. The number of carbonyl (C=O) groups excluding carboxylic acids is 1. The number of hydrogen-bond donors (Lipinski definition) is 1. The number of carbonyl (C=O) groups is 1. The minimum Gasteiger partial charge on any atom is -0.334 e. The van der Waals surface area contributed by atoms with E-state index in [1.165, 1.54) is 5.56 Å². The quantitative estimate of drug-likeness (QED) is 0.941. The Kier molecular flexibility index (Phi) is 5.26. The van der Waals surface area contributed by atoms with Crippen LogP contribution in [0.25, 0.3) is 0 Å². The molecular formula is C20H25N3O. The molecule has 2 atom stereocenters. The summed E-state index contributed by atoms with van der Waals surface area (Å²) in [6.07, 6.45) is 7.36. The summed E-state index contributed by atoms with van der Waals surface area (Å²) in [5, 5.41) is 0. The van der Waals surface area contributed by atoms with Crippen LogP contribution in [0, 0.1) is 6.92 Å². The van der Waals surface area contributed by atoms with Gasteiger partial charge in [-0.25, -0.2) is 0 Å². The lowest BCUT2D eigenvalue weighted by Gasteiger charge is -2.37. The average Bonchev–Trinajstić information content (AvgIpc) is 2.63. The van der Waals surface area contributed by atoms with Crippen LogP contribution in [0.15, 0.2) is 48.8 Å². The Labute approximate surface area is 143 Å². The van der Waals surface area contributed by atoms with Gasteiger partial charge >= 0.3 is 0 Å². The molecule has 1 aliphatic rings. The van der Waals surface area contributed by atoms with Gasteiger partial charge in [0.25, 0.3) is 0 Å². The van der Waals surface area contributed by atoms with E-state index in [0.717, 1.165) is 36.9 Å². The Morgan fingerprint density at radius 2 is 2.08 bits per heavy atom. The molecule has 0 unspecified atom stereocenters. The Morgan fingerprint density at radius 1 is 1.29 bits per heavy atom. The van der Waals surface area contributed by atoms with E-state index in [2.05, 4.69) is 42.2 Å². The van der Waals surface area contributed by atoms with Crippen LogP contribution < -0.4 is 5.73 Å². The fourth-order valence-corrected chi connectivity index (χ4v) is 3.39. The van der Waals surface area contributed by atoms with Gasteiger partial charge in [0.1, 0.15) is 0 Å². The summed E-state index contributed by atoms with van der Waals surface area (Å²) in [7, 11) is 0. The maximum absolute atomic E-state index is 12.9. The number of pyridine rings is 1. The molecule has 1 aromatic heterocycles. The smallest absolute Gasteiger partial charge is 0.240 e. The monoisotopic (exact) mass is 323 g/mol. The van der Waals surface area contributed by atoms with Gasteiger partial charge in [0.05, 0.1) is 12.1 Å². The Hall–Kier alpha value is -2.20. The van der Waals surface area contributed by atoms with Crippen molar-refractivity contribution in [1.29, 1.82) is 0 Å². The highest BCUT2D eigenvalue weighted by Crippen LogP contribution is 2.31. The highest BCUT2D eigenvalue weighted by Gasteiger charge is 2.31. The second-order valence-corrected chi connectivity index (χ2v) is 6.63. The molecule has 2 aromatic rings. The number of aromatic nitrogens is 1. The summed E-state index contributed by atoms with van der Waals surface area (Å²) >= 11 is 0. The number of aryl methyl sites for hydroxylation is 1. The first-order valence-electron chi connectivity index (χ1n) is 8.66. The zero-order valence-corrected chi connectivity index (χ0v) is 14.2. The zero-order chi connectivity index (χ0) is 16.9. The van der Waals surface area contributed by atoms with Crippen molar-refractivity contribution < 1.29 is 4.79 Å². The number of piperidine rings is 1. The molecule has 3 rings (SSSR count). The molecule has 1 saturated heterocycles. The van der Waals surface area contributed by atoms with E-state index in [1.54, 1.807) is 6.20 Å². The second-order valence-electron chi connectivity index (χ2n) is 6.63. The van der Waals surface area contributed by atoms with Crippen molar-refractivity contribution in [2.75, 3.05) is 6.54 Å². The highest BCUT2D eigenvalue weighted by molar-refractivity contribution is 5.82. The normalized spacial score (nSPS) is 19.1. The number of nitrogens with zero attached hydrogens (tertiary/aromatic N) is 2. The summed E-state index contributed by atoms with van der Waals surface area (Å²) in [6, 6.07) is 11.8. The molecule has 126 valence electrons. The van der Waals surface area contributed by atoms with Gasteiger partial charge < -0.3 is 10.6 Å². The van der Waals surface area contributed by atoms with Crippen LogP contribution in [-0.2, 0) is 11.2 Å². The van der Waals surface area contributed by atoms with Crippen LogP contribution in [0.1, 0.15) is 42.0 Å². The zero-order valence-electron chi connectivity index (χ0n) is 14.2. The third-order valence-electron chi connectivity index (χ3n) is 4.75. The lowest BCUT2D eigenvalue weighted by molar-refractivity contribution is -0.136. The van der Waals surface area contributed by atoms with Crippen molar-refractivity contribution >= 4 is 5.91 Å². The fourth-order valence-electron chi connectivity index (χ4n) is 3.39. The molecule has 0 bridgehead atoms. The van der Waals surface area contributed by atoms with Crippen molar-refractivity contribution in [3.63, 3.8) is 0 Å². The lowest BCUT2D eigenvalue weighted by Crippen LogP contribution is -2.48. The molecule has 4 nitrogen and oxygen atoms in total. The van der Waals surface area contributed by atoms with E-state index >= 15 is 0 Å². The van der Waals surface area contributed by atoms with Gasteiger partial charge in [0, 0.05) is 18.9 Å². The average molecular weight is 323 g/mol. The fraction of sp³-hybridized carbons (Fsp3) is 0.400. The van der Waals surface area contributed by atoms with E-state index in [-0.39, 0.29) is 11.9 Å². The minimum atomic E-state index is -0.495. The summed E-state index contributed by atoms with van der Waals surface area (Å²) in [5.41, 5.74) is 9.68. The summed E-state index contributed by atoms with van der Waals surface area (Å²) in [5.74, 6) is 0.0455. The maximum Gasteiger partial charge on any atom is 0.240 e. The van der Waals surface area contributed by atoms with E-state index < -0.39 is 6.04 Å². The van der Waals surface area contributed by atoms with Gasteiger partial charge in [-0.1, -0.05) is 35.9 Å². The number of rotatable bonds is 4. The van der Waals surface area contributed by atoms with Crippen molar-refractivity contribution in [3.8, 4) is 0 Å². The molecule has 1 aromatic carbocycles. The molecule has 1 fully saturated rings. The van der Waals surface area contributed by atoms with Crippen LogP contribution in [0.2, 0.25) is 0 Å². The molecule has 0 saturated carbocycles. The van der Waals surface area contributed by atoms with Crippen LogP contribution in [0.5, 0.6) is 0 Å². The molecule has 1 aliphatic heterocycles. The predicted molar refractivity (Wildman–Crippen MR) is 95.4 cm³/mol. The maximum atomic E-state index is 12.9. The third-order valence-corrected chi connectivity index (χ3v) is 4.75. The number of likely N-dealkylation sites (tertiary alicyclic amines) is 1. The summed E-state index contributed by atoms with van der Waals surface area (Å²) in [4.78, 5) is 19.1. The van der Waals surface area contributed by atoms with Crippen LogP contribution >= 0.6 is 0 Å². The molecule has 4 heteroatoms. The second kappa shape index (κ2) is 7.58. The van der Waals surface area contributed by atoms with Gasteiger partial charge in [-0.15, -0.1) is 0 Å². The van der Waals surface area contributed by atoms with Gasteiger partial charge in [-0.05, 0) is 49.8 Å². The van der Waals surface area contributed by atoms with E-state index in [4.69, 9.17) is 5.73 Å². The Morgan fingerprint density at radius 3 is 2.79 bits per heavy atom. The molecule has 0 spiro atoms. The number of nitrogens with two attached hydrogens (primary N) is 1. The van der Waals surface area contributed by atoms with Crippen molar-refractivity contribution in [3.05, 3.63) is 65.5 Å². The van der Waals surface area contributed by atoms with Crippen molar-refractivity contribution in [1.82, 2.24) is 9.88 Å². The molecule has 0 radical (unpaired) electrons. The predicted octanol–water partition coefficient (Wildman–Crippen LogP) is 3.01. The largest absolute Gasteiger partial charge is 0.334 e. The molecule has 24 heavy (non-hydrogen) atoms. The standard InChI is InChI=1S/C20H25N3O/c1-15-7-9-16(10-8-15)13-18(21)20(24)23-12-3-2-6-19(23)17-5-4-11-22-14-17/h4-5,7-11,14,18-19H,2-3,6,12-13,21H2,1H3/t18-,19+/m0/s1. The van der Waals surface area contributed by atoms with Gasteiger partial charge in [-0.3, -0.25) is 9.78 Å². The number of benzene rings is 1. The third kappa shape index (κ3) is 3.82. The van der Waals surface area contributed by atoms with Crippen molar-refractivity contribution in [2.45, 2.75) is 44.7 Å². The van der Waals surface area contributed by atoms with Crippen molar-refractivity contribution in [2.24, 2.45) is 5.73 Å². The van der Waals surface area contributed by atoms with Crippen LogP contribution in [0.3, 0.4) is 0 Å². The first-order chi connectivity index (χ1) is 11.6. The SMILES string of the molecule is Cc1ccc(C[C@H](N)C(=O)N2CCCC[C@@H]2c2cccnc2)cc1. The lowest BCUT2D eigenvalue weighted by atomic mass is 9.94. The van der Waals surface area contributed by atoms with E-state index in [9.17, 15) is 4.79 Å².